The molecule has 0 radical (unpaired) electrons. The fourth-order valence-electron chi connectivity index (χ4n) is 3.39. The lowest BCUT2D eigenvalue weighted by Gasteiger charge is -2.10. The number of rotatable bonds is 7. The molecule has 0 bridgehead atoms. The Morgan fingerprint density at radius 2 is 0.969 bits per heavy atom. The van der Waals surface area contributed by atoms with Crippen LogP contribution in [0.3, 0.4) is 0 Å². The summed E-state index contributed by atoms with van der Waals surface area (Å²) in [6, 6.07) is 32.7. The van der Waals surface area contributed by atoms with Crippen LogP contribution >= 0.6 is 0 Å². The van der Waals surface area contributed by atoms with Gasteiger partial charge in [0.25, 0.3) is 0 Å². The molecule has 0 amide bonds. The second kappa shape index (κ2) is 10.2. The fraction of sp³-hybridized carbons (Fsp3) is 0.0714. The number of hydrogen-bond acceptors (Lipinski definition) is 4. The Morgan fingerprint density at radius 1 is 0.531 bits per heavy atom. The standard InChI is InChI=1S/C28H26N4/c1-21-9-7-13-25(17-21)31-27-15-5-3-11-23(27)19-29-30-20-24-12-4-6-16-28(24)32-26-14-8-10-22(2)18-26/h3-20,31-32H,1-2H3. The van der Waals surface area contributed by atoms with Crippen LogP contribution in [0.2, 0.25) is 0 Å². The lowest BCUT2D eigenvalue weighted by molar-refractivity contribution is 1.26. The molecule has 0 saturated carbocycles. The van der Waals surface area contributed by atoms with Gasteiger partial charge in [-0.05, 0) is 61.4 Å². The molecule has 0 fully saturated rings. The van der Waals surface area contributed by atoms with E-state index in [4.69, 9.17) is 0 Å². The monoisotopic (exact) mass is 418 g/mol. The number of benzene rings is 4. The summed E-state index contributed by atoms with van der Waals surface area (Å²) in [6.45, 7) is 4.16. The zero-order valence-corrected chi connectivity index (χ0v) is 18.3. The maximum Gasteiger partial charge on any atom is 0.0588 e. The molecule has 4 heteroatoms. The Labute approximate surface area is 189 Å². The van der Waals surface area contributed by atoms with Crippen LogP contribution in [0.25, 0.3) is 0 Å². The number of anilines is 4. The van der Waals surface area contributed by atoms with Gasteiger partial charge in [-0.25, -0.2) is 0 Å². The van der Waals surface area contributed by atoms with Gasteiger partial charge in [0, 0.05) is 33.9 Å². The van der Waals surface area contributed by atoms with Crippen molar-refractivity contribution in [2.75, 3.05) is 10.6 Å². The smallest absolute Gasteiger partial charge is 0.0588 e. The summed E-state index contributed by atoms with van der Waals surface area (Å²) in [6.07, 6.45) is 3.54. The summed E-state index contributed by atoms with van der Waals surface area (Å²) in [5.41, 5.74) is 8.43. The Balaban J connectivity index is 1.49. The Hall–Kier alpha value is -4.18. The normalized spacial score (nSPS) is 11.2. The maximum absolute atomic E-state index is 4.30. The summed E-state index contributed by atoms with van der Waals surface area (Å²) in [5, 5.41) is 15.5. The topological polar surface area (TPSA) is 48.8 Å². The van der Waals surface area contributed by atoms with E-state index in [1.165, 1.54) is 11.1 Å². The lowest BCUT2D eigenvalue weighted by Crippen LogP contribution is -1.96. The molecule has 0 atom stereocenters. The van der Waals surface area contributed by atoms with Crippen molar-refractivity contribution >= 4 is 35.2 Å². The average molecular weight is 419 g/mol. The van der Waals surface area contributed by atoms with Crippen molar-refractivity contribution in [1.82, 2.24) is 0 Å². The fourth-order valence-corrected chi connectivity index (χ4v) is 3.39. The summed E-state index contributed by atoms with van der Waals surface area (Å²) < 4.78 is 0. The van der Waals surface area contributed by atoms with Gasteiger partial charge >= 0.3 is 0 Å². The Bertz CT molecular complexity index is 1160. The summed E-state index contributed by atoms with van der Waals surface area (Å²) in [7, 11) is 0. The van der Waals surface area contributed by atoms with E-state index in [9.17, 15) is 0 Å². The third-order valence-corrected chi connectivity index (χ3v) is 4.98. The largest absolute Gasteiger partial charge is 0.355 e. The van der Waals surface area contributed by atoms with E-state index in [1.807, 2.05) is 60.7 Å². The second-order valence-corrected chi connectivity index (χ2v) is 7.65. The molecule has 4 aromatic carbocycles. The van der Waals surface area contributed by atoms with Gasteiger partial charge in [-0.1, -0.05) is 60.7 Å². The highest BCUT2D eigenvalue weighted by molar-refractivity contribution is 5.91. The minimum atomic E-state index is 0.970. The van der Waals surface area contributed by atoms with Crippen LogP contribution in [0.1, 0.15) is 22.3 Å². The van der Waals surface area contributed by atoms with E-state index in [2.05, 4.69) is 71.1 Å². The molecule has 0 aromatic heterocycles. The van der Waals surface area contributed by atoms with Crippen molar-refractivity contribution in [3.05, 3.63) is 119 Å². The van der Waals surface area contributed by atoms with Crippen molar-refractivity contribution in [2.24, 2.45) is 10.2 Å². The summed E-state index contributed by atoms with van der Waals surface area (Å²) >= 11 is 0. The number of hydrogen-bond donors (Lipinski definition) is 2. The summed E-state index contributed by atoms with van der Waals surface area (Å²) in [4.78, 5) is 0. The first-order valence-corrected chi connectivity index (χ1v) is 10.6. The van der Waals surface area contributed by atoms with Crippen LogP contribution in [0.15, 0.2) is 107 Å². The highest BCUT2D eigenvalue weighted by Gasteiger charge is 2.02. The maximum atomic E-state index is 4.30. The first-order chi connectivity index (χ1) is 15.7. The number of nitrogens with one attached hydrogen (secondary N) is 2. The van der Waals surface area contributed by atoms with E-state index in [-0.39, 0.29) is 0 Å². The van der Waals surface area contributed by atoms with Crippen molar-refractivity contribution < 1.29 is 0 Å². The predicted molar refractivity (Wildman–Crippen MR) is 137 cm³/mol. The van der Waals surface area contributed by atoms with Crippen LogP contribution in [0, 0.1) is 13.8 Å². The minimum absolute atomic E-state index is 0.970. The molecule has 0 aliphatic heterocycles. The molecule has 4 aromatic rings. The predicted octanol–water partition coefficient (Wildman–Crippen LogP) is 7.24. The Kier molecular flexibility index (Phi) is 6.73. The first kappa shape index (κ1) is 21.1. The Morgan fingerprint density at radius 3 is 1.41 bits per heavy atom. The van der Waals surface area contributed by atoms with E-state index in [0.717, 1.165) is 33.9 Å². The molecule has 4 nitrogen and oxygen atoms in total. The van der Waals surface area contributed by atoms with E-state index < -0.39 is 0 Å². The van der Waals surface area contributed by atoms with Crippen LogP contribution < -0.4 is 10.6 Å². The van der Waals surface area contributed by atoms with Gasteiger partial charge in [-0.3, -0.25) is 0 Å². The average Bonchev–Trinajstić information content (AvgIpc) is 2.79. The van der Waals surface area contributed by atoms with Gasteiger partial charge in [0.15, 0.2) is 0 Å². The zero-order chi connectivity index (χ0) is 22.2. The third kappa shape index (κ3) is 5.70. The molecule has 0 heterocycles. The number of nitrogens with zero attached hydrogens (tertiary/aromatic N) is 2. The molecule has 4 rings (SSSR count). The van der Waals surface area contributed by atoms with Crippen molar-refractivity contribution in [2.45, 2.75) is 13.8 Å². The molecule has 0 aliphatic carbocycles. The van der Waals surface area contributed by atoms with Gasteiger partial charge in [-0.2, -0.15) is 10.2 Å². The molecule has 0 aliphatic rings. The number of aryl methyl sites for hydroxylation is 2. The molecule has 32 heavy (non-hydrogen) atoms. The van der Waals surface area contributed by atoms with E-state index in [0.29, 0.717) is 0 Å². The molecule has 0 saturated heterocycles. The molecule has 2 N–H and O–H groups in total. The molecule has 158 valence electrons. The van der Waals surface area contributed by atoms with Crippen molar-refractivity contribution in [3.8, 4) is 0 Å². The molecular formula is C28H26N4. The van der Waals surface area contributed by atoms with Gasteiger partial charge < -0.3 is 10.6 Å². The zero-order valence-electron chi connectivity index (χ0n) is 18.3. The summed E-state index contributed by atoms with van der Waals surface area (Å²) in [5.74, 6) is 0. The molecule has 0 unspecified atom stereocenters. The highest BCUT2D eigenvalue weighted by Crippen LogP contribution is 2.22. The third-order valence-electron chi connectivity index (χ3n) is 4.98. The van der Waals surface area contributed by atoms with Gasteiger partial charge in [0.05, 0.1) is 12.4 Å². The second-order valence-electron chi connectivity index (χ2n) is 7.65. The first-order valence-electron chi connectivity index (χ1n) is 10.6. The van der Waals surface area contributed by atoms with E-state index >= 15 is 0 Å². The SMILES string of the molecule is Cc1cccc(Nc2ccccc2C=NN=Cc2ccccc2Nc2cccc(C)c2)c1. The van der Waals surface area contributed by atoms with Gasteiger partial charge in [0.2, 0.25) is 0 Å². The van der Waals surface area contributed by atoms with Crippen LogP contribution in [-0.2, 0) is 0 Å². The van der Waals surface area contributed by atoms with Crippen LogP contribution in [0.5, 0.6) is 0 Å². The quantitative estimate of drug-likeness (QED) is 0.245. The molecular weight excluding hydrogens is 392 g/mol. The van der Waals surface area contributed by atoms with Crippen LogP contribution in [-0.4, -0.2) is 12.4 Å². The van der Waals surface area contributed by atoms with Crippen molar-refractivity contribution in [3.63, 3.8) is 0 Å². The van der Waals surface area contributed by atoms with Gasteiger partial charge in [0.1, 0.15) is 0 Å². The van der Waals surface area contributed by atoms with Crippen LogP contribution in [0.4, 0.5) is 22.7 Å². The highest BCUT2D eigenvalue weighted by atomic mass is 15.2. The lowest BCUT2D eigenvalue weighted by atomic mass is 10.1. The number of para-hydroxylation sites is 2. The van der Waals surface area contributed by atoms with Crippen molar-refractivity contribution in [1.29, 1.82) is 0 Å². The molecule has 0 spiro atoms. The minimum Gasteiger partial charge on any atom is -0.355 e. The van der Waals surface area contributed by atoms with E-state index in [1.54, 1.807) is 12.4 Å². The van der Waals surface area contributed by atoms with Gasteiger partial charge in [-0.15, -0.1) is 0 Å².